The average Bonchev–Trinajstić information content (AvgIpc) is 3.12. The number of hydrogen-bond acceptors (Lipinski definition) is 2. The molecule has 1 N–H and O–H groups in total. The summed E-state index contributed by atoms with van der Waals surface area (Å²) in [6, 6.07) is 0.517. The zero-order valence-corrected chi connectivity index (χ0v) is 11.5. The second kappa shape index (κ2) is 6.61. The van der Waals surface area contributed by atoms with E-state index in [1.807, 2.05) is 0 Å². The Morgan fingerprint density at radius 3 is 2.25 bits per heavy atom. The fourth-order valence-corrected chi connectivity index (χ4v) is 2.81. The summed E-state index contributed by atoms with van der Waals surface area (Å²) in [6.07, 6.45) is 7.76. The predicted octanol–water partition coefficient (Wildman–Crippen LogP) is 3.36. The fourth-order valence-electron chi connectivity index (χ4n) is 2.81. The average molecular weight is 227 g/mol. The molecule has 0 aromatic carbocycles. The van der Waals surface area contributed by atoms with Gasteiger partial charge in [-0.3, -0.25) is 0 Å². The van der Waals surface area contributed by atoms with E-state index in [4.69, 9.17) is 4.74 Å². The standard InChI is InChI=1S/C14H29NO/c1-5-14(6-2,16-7-3)13(15-4)11-10-12-8-9-12/h12-13,15H,5-11H2,1-4H3. The molecule has 1 saturated carbocycles. The van der Waals surface area contributed by atoms with Crippen molar-refractivity contribution in [3.8, 4) is 0 Å². The van der Waals surface area contributed by atoms with E-state index in [9.17, 15) is 0 Å². The van der Waals surface area contributed by atoms with Gasteiger partial charge in [0.05, 0.1) is 5.60 Å². The van der Waals surface area contributed by atoms with Crippen molar-refractivity contribution in [2.45, 2.75) is 70.9 Å². The van der Waals surface area contributed by atoms with Crippen LogP contribution in [0.2, 0.25) is 0 Å². The zero-order valence-electron chi connectivity index (χ0n) is 11.5. The van der Waals surface area contributed by atoms with Gasteiger partial charge < -0.3 is 10.1 Å². The first kappa shape index (κ1) is 14.0. The Balaban J connectivity index is 2.54. The van der Waals surface area contributed by atoms with E-state index in [0.29, 0.717) is 6.04 Å². The summed E-state index contributed by atoms with van der Waals surface area (Å²) >= 11 is 0. The normalized spacial score (nSPS) is 18.8. The third-order valence-electron chi connectivity index (χ3n) is 4.17. The lowest BCUT2D eigenvalue weighted by Gasteiger charge is -2.39. The van der Waals surface area contributed by atoms with Crippen molar-refractivity contribution in [2.75, 3.05) is 13.7 Å². The van der Waals surface area contributed by atoms with E-state index in [0.717, 1.165) is 25.4 Å². The Morgan fingerprint density at radius 1 is 1.25 bits per heavy atom. The van der Waals surface area contributed by atoms with Gasteiger partial charge >= 0.3 is 0 Å². The van der Waals surface area contributed by atoms with Crippen molar-refractivity contribution in [1.82, 2.24) is 5.32 Å². The maximum atomic E-state index is 6.07. The smallest absolute Gasteiger partial charge is 0.0829 e. The van der Waals surface area contributed by atoms with E-state index in [2.05, 4.69) is 33.1 Å². The van der Waals surface area contributed by atoms with Crippen LogP contribution in [-0.4, -0.2) is 25.3 Å². The molecular formula is C14H29NO. The number of ether oxygens (including phenoxy) is 1. The van der Waals surface area contributed by atoms with Crippen molar-refractivity contribution in [3.63, 3.8) is 0 Å². The Hall–Kier alpha value is -0.0800. The first-order chi connectivity index (χ1) is 7.72. The monoisotopic (exact) mass is 227 g/mol. The topological polar surface area (TPSA) is 21.3 Å². The maximum absolute atomic E-state index is 6.07. The predicted molar refractivity (Wildman–Crippen MR) is 69.7 cm³/mol. The molecule has 0 saturated heterocycles. The van der Waals surface area contributed by atoms with E-state index in [1.54, 1.807) is 0 Å². The molecule has 1 atom stereocenters. The Morgan fingerprint density at radius 2 is 1.88 bits per heavy atom. The molecule has 0 radical (unpaired) electrons. The number of nitrogens with one attached hydrogen (secondary N) is 1. The summed E-state index contributed by atoms with van der Waals surface area (Å²) < 4.78 is 6.07. The zero-order chi connectivity index (χ0) is 12.0. The summed E-state index contributed by atoms with van der Waals surface area (Å²) in [5, 5.41) is 3.49. The molecule has 0 heterocycles. The van der Waals surface area contributed by atoms with E-state index >= 15 is 0 Å². The molecule has 0 aliphatic heterocycles. The van der Waals surface area contributed by atoms with Crippen LogP contribution < -0.4 is 5.32 Å². The molecule has 1 fully saturated rings. The van der Waals surface area contributed by atoms with E-state index in [1.165, 1.54) is 25.7 Å². The number of hydrogen-bond donors (Lipinski definition) is 1. The molecule has 2 nitrogen and oxygen atoms in total. The highest BCUT2D eigenvalue weighted by molar-refractivity contribution is 4.92. The molecule has 16 heavy (non-hydrogen) atoms. The first-order valence-corrected chi connectivity index (χ1v) is 7.03. The largest absolute Gasteiger partial charge is 0.374 e. The molecule has 2 heteroatoms. The van der Waals surface area contributed by atoms with Crippen LogP contribution in [0.25, 0.3) is 0 Å². The molecule has 0 aromatic heterocycles. The summed E-state index contributed by atoms with van der Waals surface area (Å²) in [5.74, 6) is 1.02. The molecule has 0 aromatic rings. The molecule has 0 spiro atoms. The van der Waals surface area contributed by atoms with Crippen molar-refractivity contribution in [2.24, 2.45) is 5.92 Å². The highest BCUT2D eigenvalue weighted by atomic mass is 16.5. The molecule has 96 valence electrons. The van der Waals surface area contributed by atoms with Crippen molar-refractivity contribution < 1.29 is 4.74 Å². The Bertz CT molecular complexity index is 185. The van der Waals surface area contributed by atoms with E-state index in [-0.39, 0.29) is 5.60 Å². The van der Waals surface area contributed by atoms with Crippen molar-refractivity contribution in [1.29, 1.82) is 0 Å². The van der Waals surface area contributed by atoms with Crippen LogP contribution in [0.1, 0.15) is 59.3 Å². The lowest BCUT2D eigenvalue weighted by Crippen LogP contribution is -2.51. The van der Waals surface area contributed by atoms with Gasteiger partial charge in [-0.15, -0.1) is 0 Å². The van der Waals surface area contributed by atoms with Crippen LogP contribution in [0.4, 0.5) is 0 Å². The van der Waals surface area contributed by atoms with Crippen LogP contribution in [0.3, 0.4) is 0 Å². The molecule has 1 rings (SSSR count). The van der Waals surface area contributed by atoms with Crippen molar-refractivity contribution >= 4 is 0 Å². The van der Waals surface area contributed by atoms with Gasteiger partial charge in [0.15, 0.2) is 0 Å². The first-order valence-electron chi connectivity index (χ1n) is 7.03. The van der Waals surface area contributed by atoms with Gasteiger partial charge in [0.25, 0.3) is 0 Å². The second-order valence-electron chi connectivity index (χ2n) is 5.07. The summed E-state index contributed by atoms with van der Waals surface area (Å²) in [7, 11) is 2.08. The minimum atomic E-state index is 0.0540. The lowest BCUT2D eigenvalue weighted by atomic mass is 9.85. The summed E-state index contributed by atoms with van der Waals surface area (Å²) in [4.78, 5) is 0. The minimum Gasteiger partial charge on any atom is -0.374 e. The SMILES string of the molecule is CCOC(CC)(CC)C(CCC1CC1)NC. The highest BCUT2D eigenvalue weighted by Crippen LogP contribution is 2.36. The van der Waals surface area contributed by atoms with E-state index < -0.39 is 0 Å². The maximum Gasteiger partial charge on any atom is 0.0829 e. The van der Waals surface area contributed by atoms with Crippen LogP contribution in [0, 0.1) is 5.92 Å². The Kier molecular flexibility index (Phi) is 5.77. The Labute approximate surface area is 101 Å². The molecule has 0 bridgehead atoms. The minimum absolute atomic E-state index is 0.0540. The third-order valence-corrected chi connectivity index (χ3v) is 4.17. The second-order valence-corrected chi connectivity index (χ2v) is 5.07. The lowest BCUT2D eigenvalue weighted by molar-refractivity contribution is -0.0727. The fraction of sp³-hybridized carbons (Fsp3) is 1.00. The number of likely N-dealkylation sites (N-methyl/N-ethyl adjacent to an activating group) is 1. The van der Waals surface area contributed by atoms with Gasteiger partial charge in [-0.25, -0.2) is 0 Å². The van der Waals surface area contributed by atoms with Crippen LogP contribution in [0.15, 0.2) is 0 Å². The quantitative estimate of drug-likeness (QED) is 0.652. The molecule has 1 aliphatic carbocycles. The van der Waals surface area contributed by atoms with Gasteiger partial charge in [0.2, 0.25) is 0 Å². The molecular weight excluding hydrogens is 198 g/mol. The van der Waals surface area contributed by atoms with Crippen LogP contribution in [-0.2, 0) is 4.74 Å². The van der Waals surface area contributed by atoms with Gasteiger partial charge in [-0.1, -0.05) is 26.7 Å². The molecule has 1 aliphatic rings. The van der Waals surface area contributed by atoms with Crippen LogP contribution >= 0.6 is 0 Å². The van der Waals surface area contributed by atoms with Gasteiger partial charge in [0, 0.05) is 12.6 Å². The highest BCUT2D eigenvalue weighted by Gasteiger charge is 2.36. The van der Waals surface area contributed by atoms with Crippen LogP contribution in [0.5, 0.6) is 0 Å². The van der Waals surface area contributed by atoms with Gasteiger partial charge in [-0.2, -0.15) is 0 Å². The summed E-state index contributed by atoms with van der Waals surface area (Å²) in [6.45, 7) is 7.43. The third kappa shape index (κ3) is 3.46. The molecule has 1 unspecified atom stereocenters. The van der Waals surface area contributed by atoms with Gasteiger partial charge in [-0.05, 0) is 45.6 Å². The summed E-state index contributed by atoms with van der Waals surface area (Å²) in [5.41, 5.74) is 0.0540. The molecule has 0 amide bonds. The van der Waals surface area contributed by atoms with Crippen molar-refractivity contribution in [3.05, 3.63) is 0 Å². The van der Waals surface area contributed by atoms with Gasteiger partial charge in [0.1, 0.15) is 0 Å². The number of rotatable bonds is 9.